The van der Waals surface area contributed by atoms with Crippen LogP contribution in [0.4, 0.5) is 8.78 Å². The number of nitrogens with zero attached hydrogens (tertiary/aromatic N) is 1. The van der Waals surface area contributed by atoms with Gasteiger partial charge in [0.15, 0.2) is 0 Å². The zero-order chi connectivity index (χ0) is 13.0. The highest BCUT2D eigenvalue weighted by molar-refractivity contribution is 14.1. The van der Waals surface area contributed by atoms with E-state index in [0.717, 1.165) is 0 Å². The van der Waals surface area contributed by atoms with E-state index in [2.05, 4.69) is 4.98 Å². The molecular weight excluding hydrogens is 366 g/mol. The van der Waals surface area contributed by atoms with E-state index in [1.54, 1.807) is 6.92 Å². The first-order valence-electron chi connectivity index (χ1n) is 4.73. The molecule has 0 N–H and O–H groups in total. The quantitative estimate of drug-likeness (QED) is 0.598. The molecular formula is C10H9ClF2INO2. The zero-order valence-corrected chi connectivity index (χ0v) is 11.8. The molecule has 0 amide bonds. The number of alkyl halides is 2. The van der Waals surface area contributed by atoms with Crippen molar-refractivity contribution in [2.75, 3.05) is 6.61 Å². The van der Waals surface area contributed by atoms with Gasteiger partial charge in [-0.15, -0.1) is 0 Å². The summed E-state index contributed by atoms with van der Waals surface area (Å²) in [6.07, 6.45) is -1.53. The van der Waals surface area contributed by atoms with Gasteiger partial charge in [0.25, 0.3) is 6.43 Å². The number of hydrogen-bond donors (Lipinski definition) is 0. The molecule has 1 aromatic rings. The molecule has 7 heteroatoms. The monoisotopic (exact) mass is 375 g/mol. The molecule has 0 spiro atoms. The summed E-state index contributed by atoms with van der Waals surface area (Å²) in [4.78, 5) is 14.8. The third kappa shape index (κ3) is 3.74. The van der Waals surface area contributed by atoms with Crippen LogP contribution in [0, 0.1) is 3.57 Å². The molecule has 0 saturated carbocycles. The van der Waals surface area contributed by atoms with Crippen LogP contribution in [0.15, 0.2) is 6.20 Å². The molecule has 0 aliphatic carbocycles. The zero-order valence-electron chi connectivity index (χ0n) is 8.84. The summed E-state index contributed by atoms with van der Waals surface area (Å²) in [5, 5.41) is -0.109. The molecule has 0 radical (unpaired) electrons. The van der Waals surface area contributed by atoms with Gasteiger partial charge >= 0.3 is 5.97 Å². The standard InChI is InChI=1S/C10H9ClF2INO2/c1-2-17-6(16)3-5-4-15-9(10(12)13)7(11)8(5)14/h4,10H,2-3H2,1H3. The van der Waals surface area contributed by atoms with Crippen molar-refractivity contribution >= 4 is 40.2 Å². The van der Waals surface area contributed by atoms with Crippen molar-refractivity contribution in [3.05, 3.63) is 26.0 Å². The lowest BCUT2D eigenvalue weighted by molar-refractivity contribution is -0.142. The third-order valence-corrected chi connectivity index (χ3v) is 3.84. The Morgan fingerprint density at radius 3 is 2.82 bits per heavy atom. The highest BCUT2D eigenvalue weighted by Crippen LogP contribution is 2.30. The maximum absolute atomic E-state index is 12.5. The van der Waals surface area contributed by atoms with Gasteiger partial charge in [-0.1, -0.05) is 11.6 Å². The average molecular weight is 376 g/mol. The highest BCUT2D eigenvalue weighted by atomic mass is 127. The SMILES string of the molecule is CCOC(=O)Cc1cnc(C(F)F)c(Cl)c1I. The smallest absolute Gasteiger partial charge is 0.310 e. The number of carbonyl (C=O) groups excluding carboxylic acids is 1. The Morgan fingerprint density at radius 1 is 1.65 bits per heavy atom. The summed E-state index contributed by atoms with van der Waals surface area (Å²) in [7, 11) is 0. The third-order valence-electron chi connectivity index (χ3n) is 1.91. The van der Waals surface area contributed by atoms with Gasteiger partial charge in [0.2, 0.25) is 0 Å². The van der Waals surface area contributed by atoms with Gasteiger partial charge in [-0.05, 0) is 35.1 Å². The Bertz CT molecular complexity index is 429. The second kappa shape index (κ2) is 6.44. The van der Waals surface area contributed by atoms with Crippen molar-refractivity contribution in [2.24, 2.45) is 0 Å². The van der Waals surface area contributed by atoms with Gasteiger partial charge in [0.05, 0.1) is 18.1 Å². The van der Waals surface area contributed by atoms with E-state index >= 15 is 0 Å². The van der Waals surface area contributed by atoms with Crippen LogP contribution in [-0.4, -0.2) is 17.6 Å². The van der Waals surface area contributed by atoms with Crippen LogP contribution in [0.5, 0.6) is 0 Å². The normalized spacial score (nSPS) is 10.7. The minimum Gasteiger partial charge on any atom is -0.466 e. The van der Waals surface area contributed by atoms with Gasteiger partial charge < -0.3 is 4.74 Å². The van der Waals surface area contributed by atoms with Crippen LogP contribution in [0.3, 0.4) is 0 Å². The molecule has 1 heterocycles. The largest absolute Gasteiger partial charge is 0.466 e. The van der Waals surface area contributed by atoms with Crippen LogP contribution in [0.2, 0.25) is 5.02 Å². The molecule has 0 fully saturated rings. The number of hydrogen-bond acceptors (Lipinski definition) is 3. The number of rotatable bonds is 4. The Kier molecular flexibility index (Phi) is 5.51. The lowest BCUT2D eigenvalue weighted by Crippen LogP contribution is -2.10. The van der Waals surface area contributed by atoms with Gasteiger partial charge in [-0.25, -0.2) is 8.78 Å². The van der Waals surface area contributed by atoms with Crippen molar-refractivity contribution in [1.29, 1.82) is 0 Å². The van der Waals surface area contributed by atoms with Crippen LogP contribution in [-0.2, 0) is 16.0 Å². The van der Waals surface area contributed by atoms with Crippen molar-refractivity contribution in [3.63, 3.8) is 0 Å². The lowest BCUT2D eigenvalue weighted by atomic mass is 10.2. The predicted octanol–water partition coefficient (Wildman–Crippen LogP) is 3.38. The first kappa shape index (κ1) is 14.6. The van der Waals surface area contributed by atoms with E-state index in [0.29, 0.717) is 9.13 Å². The molecule has 1 rings (SSSR count). The molecule has 0 saturated heterocycles. The van der Waals surface area contributed by atoms with E-state index < -0.39 is 18.1 Å². The van der Waals surface area contributed by atoms with Gasteiger partial charge in [-0.3, -0.25) is 9.78 Å². The van der Waals surface area contributed by atoms with Crippen molar-refractivity contribution in [2.45, 2.75) is 19.8 Å². The fraction of sp³-hybridized carbons (Fsp3) is 0.400. The first-order chi connectivity index (χ1) is 7.97. The Balaban J connectivity index is 2.96. The molecule has 3 nitrogen and oxygen atoms in total. The van der Waals surface area contributed by atoms with Crippen LogP contribution in [0.25, 0.3) is 0 Å². The maximum Gasteiger partial charge on any atom is 0.310 e. The van der Waals surface area contributed by atoms with Crippen molar-refractivity contribution in [1.82, 2.24) is 4.98 Å². The van der Waals surface area contributed by atoms with E-state index in [4.69, 9.17) is 16.3 Å². The Labute approximate surface area is 116 Å². The molecule has 0 unspecified atom stereocenters. The molecule has 0 aliphatic rings. The molecule has 0 bridgehead atoms. The molecule has 0 aliphatic heterocycles. The minimum atomic E-state index is -2.73. The van der Waals surface area contributed by atoms with Crippen LogP contribution in [0.1, 0.15) is 24.6 Å². The Morgan fingerprint density at radius 2 is 2.29 bits per heavy atom. The molecule has 94 valence electrons. The molecule has 0 atom stereocenters. The maximum atomic E-state index is 12.5. The molecule has 0 aromatic carbocycles. The highest BCUT2D eigenvalue weighted by Gasteiger charge is 2.19. The van der Waals surface area contributed by atoms with E-state index in [1.165, 1.54) is 6.20 Å². The number of aromatic nitrogens is 1. The second-order valence-corrected chi connectivity index (χ2v) is 4.54. The predicted molar refractivity (Wildman–Crippen MR) is 67.3 cm³/mol. The first-order valence-corrected chi connectivity index (χ1v) is 6.19. The summed E-state index contributed by atoms with van der Waals surface area (Å²) in [6, 6.07) is 0. The number of pyridine rings is 1. The summed E-state index contributed by atoms with van der Waals surface area (Å²) < 4.78 is 30.1. The topological polar surface area (TPSA) is 39.2 Å². The number of ether oxygens (including phenoxy) is 1. The van der Waals surface area contributed by atoms with E-state index in [1.807, 2.05) is 22.6 Å². The fourth-order valence-electron chi connectivity index (χ4n) is 1.16. The second-order valence-electron chi connectivity index (χ2n) is 3.08. The van der Waals surface area contributed by atoms with Crippen LogP contribution >= 0.6 is 34.2 Å². The van der Waals surface area contributed by atoms with Crippen LogP contribution < -0.4 is 0 Å². The van der Waals surface area contributed by atoms with Gasteiger partial charge in [0, 0.05) is 9.77 Å². The molecule has 17 heavy (non-hydrogen) atoms. The summed E-state index contributed by atoms with van der Waals surface area (Å²) in [5.74, 6) is -0.437. The summed E-state index contributed by atoms with van der Waals surface area (Å²) >= 11 is 7.56. The fourth-order valence-corrected chi connectivity index (χ4v) is 2.02. The molecule has 1 aromatic heterocycles. The minimum absolute atomic E-state index is 0.0254. The Hall–Kier alpha value is -0.500. The van der Waals surface area contributed by atoms with E-state index in [9.17, 15) is 13.6 Å². The lowest BCUT2D eigenvalue weighted by Gasteiger charge is -2.09. The number of esters is 1. The van der Waals surface area contributed by atoms with Crippen molar-refractivity contribution in [3.8, 4) is 0 Å². The van der Waals surface area contributed by atoms with Crippen molar-refractivity contribution < 1.29 is 18.3 Å². The average Bonchev–Trinajstić information content (AvgIpc) is 2.25. The number of carbonyl (C=O) groups is 1. The summed E-state index contributed by atoms with van der Waals surface area (Å²) in [5.41, 5.74) is 0.0159. The number of halogens is 4. The van der Waals surface area contributed by atoms with Gasteiger partial charge in [-0.2, -0.15) is 0 Å². The van der Waals surface area contributed by atoms with E-state index in [-0.39, 0.29) is 18.1 Å². The van der Waals surface area contributed by atoms with Gasteiger partial charge in [0.1, 0.15) is 5.69 Å². The summed E-state index contributed by atoms with van der Waals surface area (Å²) in [6.45, 7) is 1.96.